The van der Waals surface area contributed by atoms with Crippen molar-refractivity contribution in [3.05, 3.63) is 35.4 Å². The Morgan fingerprint density at radius 2 is 1.78 bits per heavy atom. The Morgan fingerprint density at radius 1 is 1.17 bits per heavy atom. The average Bonchev–Trinajstić information content (AvgIpc) is 2.30. The number of nitrogens with zero attached hydrogens (tertiary/aromatic N) is 1. The Kier molecular flexibility index (Phi) is 3.05. The Balaban J connectivity index is 2.28. The molecule has 0 spiro atoms. The zero-order valence-electron chi connectivity index (χ0n) is 9.07. The van der Waals surface area contributed by atoms with Crippen LogP contribution in [0.15, 0.2) is 18.2 Å². The van der Waals surface area contributed by atoms with E-state index in [4.69, 9.17) is 0 Å². The number of imide groups is 1. The molecule has 0 aliphatic carbocycles. The smallest absolute Gasteiger partial charge is 0.257 e. The van der Waals surface area contributed by atoms with Crippen molar-refractivity contribution in [2.45, 2.75) is 0 Å². The Bertz CT molecular complexity index is 529. The number of piperazine rings is 1. The predicted octanol–water partition coefficient (Wildman–Crippen LogP) is 0.0634. The molecule has 18 heavy (non-hydrogen) atoms. The molecule has 1 aromatic rings. The largest absolute Gasteiger partial charge is 0.320 e. The minimum absolute atomic E-state index is 0.361. The molecule has 0 unspecified atom stereocenters. The summed E-state index contributed by atoms with van der Waals surface area (Å²) in [6.45, 7) is -0.721. The predicted molar refractivity (Wildman–Crippen MR) is 55.4 cm³/mol. The third-order valence-corrected chi connectivity index (χ3v) is 2.42. The van der Waals surface area contributed by atoms with Gasteiger partial charge in [0.25, 0.3) is 5.91 Å². The van der Waals surface area contributed by atoms with Crippen molar-refractivity contribution in [1.29, 1.82) is 0 Å². The van der Waals surface area contributed by atoms with E-state index in [-0.39, 0.29) is 13.1 Å². The van der Waals surface area contributed by atoms with E-state index in [1.54, 1.807) is 0 Å². The molecule has 2 rings (SSSR count). The number of hydrogen-bond donors (Lipinski definition) is 1. The first kappa shape index (κ1) is 12.2. The van der Waals surface area contributed by atoms with Gasteiger partial charge in [-0.05, 0) is 12.1 Å². The van der Waals surface area contributed by atoms with Crippen LogP contribution in [-0.2, 0) is 9.59 Å². The van der Waals surface area contributed by atoms with Gasteiger partial charge >= 0.3 is 0 Å². The molecule has 1 N–H and O–H groups in total. The van der Waals surface area contributed by atoms with Gasteiger partial charge < -0.3 is 4.90 Å². The van der Waals surface area contributed by atoms with Crippen LogP contribution < -0.4 is 5.32 Å². The first-order valence-corrected chi connectivity index (χ1v) is 5.05. The lowest BCUT2D eigenvalue weighted by Crippen LogP contribution is -2.53. The lowest BCUT2D eigenvalue weighted by atomic mass is 10.1. The second-order valence-electron chi connectivity index (χ2n) is 3.73. The molecule has 3 amide bonds. The van der Waals surface area contributed by atoms with Gasteiger partial charge in [0.1, 0.15) is 13.1 Å². The van der Waals surface area contributed by atoms with Gasteiger partial charge in [-0.3, -0.25) is 19.7 Å². The summed E-state index contributed by atoms with van der Waals surface area (Å²) in [4.78, 5) is 34.9. The van der Waals surface area contributed by atoms with Crippen LogP contribution in [0.3, 0.4) is 0 Å². The fourth-order valence-electron chi connectivity index (χ4n) is 1.62. The van der Waals surface area contributed by atoms with E-state index in [2.05, 4.69) is 0 Å². The molecule has 7 heteroatoms. The minimum Gasteiger partial charge on any atom is -0.320 e. The van der Waals surface area contributed by atoms with Gasteiger partial charge in [0.15, 0.2) is 11.6 Å². The van der Waals surface area contributed by atoms with E-state index in [0.29, 0.717) is 0 Å². The fourth-order valence-corrected chi connectivity index (χ4v) is 1.62. The Morgan fingerprint density at radius 3 is 2.39 bits per heavy atom. The summed E-state index contributed by atoms with van der Waals surface area (Å²) in [6.07, 6.45) is 0. The van der Waals surface area contributed by atoms with Gasteiger partial charge in [0.05, 0.1) is 5.56 Å². The van der Waals surface area contributed by atoms with Gasteiger partial charge in [-0.15, -0.1) is 0 Å². The molecular formula is C11H8F2N2O3. The highest BCUT2D eigenvalue weighted by Gasteiger charge is 2.29. The summed E-state index contributed by atoms with van der Waals surface area (Å²) in [5, 5.41) is 2.00. The average molecular weight is 254 g/mol. The summed E-state index contributed by atoms with van der Waals surface area (Å²) in [6, 6.07) is 3.15. The first-order valence-electron chi connectivity index (χ1n) is 5.05. The van der Waals surface area contributed by atoms with Crippen LogP contribution in [0.25, 0.3) is 0 Å². The second-order valence-corrected chi connectivity index (χ2v) is 3.73. The molecule has 1 fully saturated rings. The topological polar surface area (TPSA) is 66.5 Å². The highest BCUT2D eigenvalue weighted by atomic mass is 19.2. The lowest BCUT2D eigenvalue weighted by molar-refractivity contribution is -0.135. The van der Waals surface area contributed by atoms with Crippen molar-refractivity contribution in [2.75, 3.05) is 13.1 Å². The molecule has 0 radical (unpaired) electrons. The lowest BCUT2D eigenvalue weighted by Gasteiger charge is -2.25. The van der Waals surface area contributed by atoms with Gasteiger partial charge in [-0.1, -0.05) is 6.07 Å². The molecule has 0 atom stereocenters. The number of benzene rings is 1. The number of nitrogens with one attached hydrogen (secondary N) is 1. The van der Waals surface area contributed by atoms with Crippen molar-refractivity contribution in [3.8, 4) is 0 Å². The van der Waals surface area contributed by atoms with E-state index in [1.165, 1.54) is 6.07 Å². The standard InChI is InChI=1S/C11H8F2N2O3/c12-7-3-1-2-6(10(7)13)11(18)15-4-8(16)14-9(17)5-15/h1-3H,4-5H2,(H,14,16,17). The first-order chi connectivity index (χ1) is 8.49. The zero-order valence-corrected chi connectivity index (χ0v) is 9.07. The van der Waals surface area contributed by atoms with Crippen molar-refractivity contribution in [2.24, 2.45) is 0 Å². The Labute approximate surface area is 100 Å². The van der Waals surface area contributed by atoms with Crippen LogP contribution in [0.1, 0.15) is 10.4 Å². The summed E-state index contributed by atoms with van der Waals surface area (Å²) >= 11 is 0. The number of rotatable bonds is 1. The quantitative estimate of drug-likeness (QED) is 0.721. The zero-order chi connectivity index (χ0) is 13.3. The maximum atomic E-state index is 13.4. The van der Waals surface area contributed by atoms with Crippen molar-refractivity contribution in [3.63, 3.8) is 0 Å². The molecule has 0 saturated carbocycles. The monoisotopic (exact) mass is 254 g/mol. The molecular weight excluding hydrogens is 246 g/mol. The number of amides is 3. The highest BCUT2D eigenvalue weighted by Crippen LogP contribution is 2.14. The third-order valence-electron chi connectivity index (χ3n) is 2.42. The van der Waals surface area contributed by atoms with Crippen molar-refractivity contribution in [1.82, 2.24) is 10.2 Å². The summed E-state index contributed by atoms with van der Waals surface area (Å²) in [7, 11) is 0. The summed E-state index contributed by atoms with van der Waals surface area (Å²) in [5.41, 5.74) is -0.502. The molecule has 1 aliphatic rings. The van der Waals surface area contributed by atoms with E-state index in [9.17, 15) is 23.2 Å². The maximum absolute atomic E-state index is 13.4. The normalized spacial score (nSPS) is 15.6. The van der Waals surface area contributed by atoms with E-state index in [1.807, 2.05) is 5.32 Å². The number of halogens is 2. The number of carbonyl (C=O) groups excluding carboxylic acids is 3. The molecule has 0 aromatic heterocycles. The van der Waals surface area contributed by atoms with E-state index in [0.717, 1.165) is 17.0 Å². The highest BCUT2D eigenvalue weighted by molar-refractivity contribution is 6.05. The SMILES string of the molecule is O=C1CN(C(=O)c2cccc(F)c2F)CC(=O)N1. The van der Waals surface area contributed by atoms with Crippen LogP contribution in [-0.4, -0.2) is 35.7 Å². The molecule has 0 bridgehead atoms. The van der Waals surface area contributed by atoms with Gasteiger partial charge in [0.2, 0.25) is 11.8 Å². The molecule has 1 saturated heterocycles. The third kappa shape index (κ3) is 2.20. The van der Waals surface area contributed by atoms with Crippen LogP contribution in [0.2, 0.25) is 0 Å². The molecule has 1 aromatic carbocycles. The molecule has 5 nitrogen and oxygen atoms in total. The van der Waals surface area contributed by atoms with Crippen LogP contribution >= 0.6 is 0 Å². The fraction of sp³-hybridized carbons (Fsp3) is 0.182. The minimum atomic E-state index is -1.29. The maximum Gasteiger partial charge on any atom is 0.257 e. The Hall–Kier alpha value is -2.31. The molecule has 94 valence electrons. The van der Waals surface area contributed by atoms with Gasteiger partial charge in [-0.25, -0.2) is 8.78 Å². The molecule has 1 heterocycles. The van der Waals surface area contributed by atoms with Crippen molar-refractivity contribution < 1.29 is 23.2 Å². The van der Waals surface area contributed by atoms with Gasteiger partial charge in [-0.2, -0.15) is 0 Å². The van der Waals surface area contributed by atoms with Crippen molar-refractivity contribution >= 4 is 17.7 Å². The van der Waals surface area contributed by atoms with E-state index < -0.39 is 34.9 Å². The molecule has 1 aliphatic heterocycles. The summed E-state index contributed by atoms with van der Waals surface area (Å²) in [5.74, 6) is -4.66. The van der Waals surface area contributed by atoms with Gasteiger partial charge in [0, 0.05) is 0 Å². The second kappa shape index (κ2) is 4.52. The van der Waals surface area contributed by atoms with E-state index >= 15 is 0 Å². The number of hydrogen-bond acceptors (Lipinski definition) is 3. The summed E-state index contributed by atoms with van der Waals surface area (Å²) < 4.78 is 26.4. The number of carbonyl (C=O) groups is 3. The van der Waals surface area contributed by atoms with Crippen LogP contribution in [0.5, 0.6) is 0 Å². The van der Waals surface area contributed by atoms with Crippen LogP contribution in [0, 0.1) is 11.6 Å². The van der Waals surface area contributed by atoms with Crippen LogP contribution in [0.4, 0.5) is 8.78 Å².